The molecule has 0 aliphatic carbocycles. The Labute approximate surface area is 214 Å². The number of aromatic nitrogens is 2. The van der Waals surface area contributed by atoms with Gasteiger partial charge in [0.1, 0.15) is 24.1 Å². The molecule has 0 amide bonds. The highest BCUT2D eigenvalue weighted by Crippen LogP contribution is 2.46. The molecule has 0 radical (unpaired) electrons. The standard InChI is InChI=1S/C21H24N5O9PS/c22-16-8-9-25(21(29)24-16)20-19(28)18(27)15(35-20)12-34-36(32,23-10-13-4-2-1-3-5-13)33-11-14-6-7-17(37-14)26(30)31/h1-9,15,18-20,27-28H,10-12H2,(H,23,32)(H2,22,24,29)/t15-,18-,19+,20-,36?/m1/s1. The number of benzene rings is 1. The van der Waals surface area contributed by atoms with Crippen molar-refractivity contribution >= 4 is 29.9 Å². The van der Waals surface area contributed by atoms with Crippen molar-refractivity contribution < 1.29 is 33.5 Å². The number of thiophene rings is 1. The molecule has 37 heavy (non-hydrogen) atoms. The van der Waals surface area contributed by atoms with Crippen molar-refractivity contribution in [3.05, 3.63) is 85.8 Å². The summed E-state index contributed by atoms with van der Waals surface area (Å²) >= 11 is 0.867. The summed E-state index contributed by atoms with van der Waals surface area (Å²) in [6.45, 7) is -0.618. The van der Waals surface area contributed by atoms with Gasteiger partial charge in [0.2, 0.25) is 0 Å². The van der Waals surface area contributed by atoms with Crippen LogP contribution < -0.4 is 16.5 Å². The van der Waals surface area contributed by atoms with Crippen LogP contribution in [0.4, 0.5) is 10.8 Å². The van der Waals surface area contributed by atoms with Gasteiger partial charge in [-0.3, -0.25) is 23.7 Å². The van der Waals surface area contributed by atoms with Gasteiger partial charge in [0.25, 0.3) is 0 Å². The van der Waals surface area contributed by atoms with Crippen molar-refractivity contribution in [3.8, 4) is 0 Å². The van der Waals surface area contributed by atoms with Gasteiger partial charge in [0, 0.05) is 23.7 Å². The Kier molecular flexibility index (Phi) is 8.46. The Bertz CT molecular complexity index is 1340. The van der Waals surface area contributed by atoms with Crippen LogP contribution in [0.2, 0.25) is 0 Å². The van der Waals surface area contributed by atoms with Crippen LogP contribution in [0.15, 0.2) is 59.5 Å². The van der Waals surface area contributed by atoms with E-state index in [0.29, 0.717) is 4.88 Å². The summed E-state index contributed by atoms with van der Waals surface area (Å²) in [7, 11) is -4.05. The Hall–Kier alpha value is -3.01. The Balaban J connectivity index is 1.45. The predicted octanol–water partition coefficient (Wildman–Crippen LogP) is 1.55. The molecule has 1 saturated heterocycles. The number of nitrogens with one attached hydrogen (secondary N) is 1. The van der Waals surface area contributed by atoms with E-state index in [2.05, 4.69) is 10.1 Å². The van der Waals surface area contributed by atoms with Crippen molar-refractivity contribution in [1.82, 2.24) is 14.6 Å². The number of nitrogens with two attached hydrogens (primary N) is 1. The molecule has 1 fully saturated rings. The number of nitrogen functional groups attached to an aromatic ring is 1. The van der Waals surface area contributed by atoms with E-state index in [1.165, 1.54) is 24.4 Å². The van der Waals surface area contributed by atoms with Crippen molar-refractivity contribution in [1.29, 1.82) is 0 Å². The summed E-state index contributed by atoms with van der Waals surface area (Å²) in [5.74, 6) is -0.0205. The minimum Gasteiger partial charge on any atom is -0.387 e. The summed E-state index contributed by atoms with van der Waals surface area (Å²) in [6, 6.07) is 13.1. The first-order chi connectivity index (χ1) is 17.6. The molecule has 1 aromatic carbocycles. The molecule has 3 heterocycles. The Morgan fingerprint density at radius 2 is 1.95 bits per heavy atom. The first-order valence-corrected chi connectivity index (χ1v) is 13.3. The first kappa shape index (κ1) is 27.0. The second-order valence-corrected chi connectivity index (χ2v) is 10.9. The van der Waals surface area contributed by atoms with Gasteiger partial charge in [-0.05, 0) is 17.7 Å². The van der Waals surface area contributed by atoms with E-state index in [9.17, 15) is 29.7 Å². The molecule has 0 bridgehead atoms. The zero-order valence-corrected chi connectivity index (χ0v) is 20.9. The average molecular weight is 553 g/mol. The van der Waals surface area contributed by atoms with Crippen LogP contribution >= 0.6 is 19.1 Å². The van der Waals surface area contributed by atoms with Gasteiger partial charge >= 0.3 is 18.4 Å². The molecule has 198 valence electrons. The molecule has 1 unspecified atom stereocenters. The molecule has 5 N–H and O–H groups in total. The second kappa shape index (κ2) is 11.6. The maximum atomic E-state index is 13.5. The van der Waals surface area contributed by atoms with Gasteiger partial charge in [-0.1, -0.05) is 41.7 Å². The number of ether oxygens (including phenoxy) is 1. The molecular formula is C21H24N5O9PS. The lowest BCUT2D eigenvalue weighted by atomic mass is 10.1. The van der Waals surface area contributed by atoms with Crippen LogP contribution in [-0.2, 0) is 31.5 Å². The topological polar surface area (TPSA) is 201 Å². The smallest absolute Gasteiger partial charge is 0.387 e. The molecule has 0 saturated carbocycles. The van der Waals surface area contributed by atoms with Crippen LogP contribution in [0.3, 0.4) is 0 Å². The van der Waals surface area contributed by atoms with Crippen LogP contribution in [0.25, 0.3) is 0 Å². The molecule has 3 aromatic rings. The minimum absolute atomic E-state index is 0.0205. The summed E-state index contributed by atoms with van der Waals surface area (Å²) in [5.41, 5.74) is 5.48. The third-order valence-corrected chi connectivity index (χ3v) is 7.91. The molecular weight excluding hydrogens is 529 g/mol. The number of aliphatic hydroxyl groups is 2. The molecule has 14 nitrogen and oxygen atoms in total. The highest BCUT2D eigenvalue weighted by molar-refractivity contribution is 7.51. The van der Waals surface area contributed by atoms with E-state index in [1.54, 1.807) is 24.3 Å². The van der Waals surface area contributed by atoms with Gasteiger partial charge in [-0.25, -0.2) is 14.4 Å². The normalized spacial score (nSPS) is 23.1. The number of hydrogen-bond acceptors (Lipinski definition) is 12. The van der Waals surface area contributed by atoms with Gasteiger partial charge in [0.15, 0.2) is 6.23 Å². The van der Waals surface area contributed by atoms with Crippen LogP contribution in [-0.4, -0.2) is 49.6 Å². The van der Waals surface area contributed by atoms with Crippen molar-refractivity contribution in [2.75, 3.05) is 12.3 Å². The molecule has 16 heteroatoms. The fraction of sp³-hybridized carbons (Fsp3) is 0.333. The molecule has 5 atom stereocenters. The first-order valence-electron chi connectivity index (χ1n) is 10.9. The highest BCUT2D eigenvalue weighted by Gasteiger charge is 2.45. The lowest BCUT2D eigenvalue weighted by Gasteiger charge is -2.22. The number of aliphatic hydroxyl groups excluding tert-OH is 2. The monoisotopic (exact) mass is 553 g/mol. The van der Waals surface area contributed by atoms with E-state index < -0.39 is 49.5 Å². The molecule has 0 spiro atoms. The molecule has 1 aliphatic rings. The number of nitrogens with zero attached hydrogens (tertiary/aromatic N) is 3. The Morgan fingerprint density at radius 1 is 1.19 bits per heavy atom. The quantitative estimate of drug-likeness (QED) is 0.152. The Morgan fingerprint density at radius 3 is 2.62 bits per heavy atom. The van der Waals surface area contributed by atoms with Crippen LogP contribution in [0, 0.1) is 10.1 Å². The molecule has 1 aliphatic heterocycles. The summed E-state index contributed by atoms with van der Waals surface area (Å²) in [6.07, 6.45) is -4.20. The maximum Gasteiger partial charge on any atom is 0.406 e. The second-order valence-electron chi connectivity index (χ2n) is 7.97. The minimum atomic E-state index is -4.05. The number of nitro groups is 1. The summed E-state index contributed by atoms with van der Waals surface area (Å²) in [4.78, 5) is 26.6. The van der Waals surface area contributed by atoms with Crippen molar-refractivity contribution in [3.63, 3.8) is 0 Å². The van der Waals surface area contributed by atoms with Gasteiger partial charge in [-0.2, -0.15) is 4.98 Å². The lowest BCUT2D eigenvalue weighted by Crippen LogP contribution is -2.36. The number of anilines is 1. The van der Waals surface area contributed by atoms with E-state index >= 15 is 0 Å². The van der Waals surface area contributed by atoms with E-state index in [4.69, 9.17) is 19.5 Å². The third kappa shape index (κ3) is 6.66. The van der Waals surface area contributed by atoms with Gasteiger partial charge < -0.3 is 20.7 Å². The lowest BCUT2D eigenvalue weighted by molar-refractivity contribution is -0.380. The SMILES string of the molecule is Nc1ccn([C@@H]2O[C@H](COP(=O)(NCc3ccccc3)OCc3ccc([N+](=O)[O-])s3)[C@@H](O)[C@@H]2O)c(=O)n1. The third-order valence-electron chi connectivity index (χ3n) is 5.40. The maximum absolute atomic E-state index is 13.5. The molecule has 4 rings (SSSR count). The van der Waals surface area contributed by atoms with Crippen molar-refractivity contribution in [2.45, 2.75) is 37.7 Å². The summed E-state index contributed by atoms with van der Waals surface area (Å²) in [5, 5.41) is 34.5. The summed E-state index contributed by atoms with van der Waals surface area (Å²) < 4.78 is 31.2. The van der Waals surface area contributed by atoms with E-state index in [0.717, 1.165) is 21.5 Å². The zero-order chi connectivity index (χ0) is 26.6. The van der Waals surface area contributed by atoms with Crippen LogP contribution in [0.5, 0.6) is 0 Å². The largest absolute Gasteiger partial charge is 0.406 e. The van der Waals surface area contributed by atoms with Gasteiger partial charge in [0.05, 0.1) is 18.1 Å². The zero-order valence-electron chi connectivity index (χ0n) is 19.2. The fourth-order valence-corrected chi connectivity index (χ4v) is 5.60. The average Bonchev–Trinajstić information content (AvgIpc) is 3.47. The number of rotatable bonds is 11. The van der Waals surface area contributed by atoms with Gasteiger partial charge in [-0.15, -0.1) is 0 Å². The van der Waals surface area contributed by atoms with E-state index in [-0.39, 0.29) is 24.0 Å². The molecule has 2 aromatic heterocycles. The highest BCUT2D eigenvalue weighted by atomic mass is 32.1. The number of hydrogen-bond donors (Lipinski definition) is 4. The van der Waals surface area contributed by atoms with Crippen LogP contribution in [0.1, 0.15) is 16.7 Å². The predicted molar refractivity (Wildman–Crippen MR) is 131 cm³/mol. The van der Waals surface area contributed by atoms with Crippen molar-refractivity contribution in [2.24, 2.45) is 0 Å². The fourth-order valence-electron chi connectivity index (χ4n) is 3.49. The van der Waals surface area contributed by atoms with E-state index in [1.807, 2.05) is 6.07 Å².